The van der Waals surface area contributed by atoms with Gasteiger partial charge in [0.15, 0.2) is 0 Å². The summed E-state index contributed by atoms with van der Waals surface area (Å²) in [5, 5.41) is 0. The molecule has 15 heavy (non-hydrogen) atoms. The molecule has 0 N–H and O–H groups in total. The second-order valence-corrected chi connectivity index (χ2v) is 5.26. The highest BCUT2D eigenvalue weighted by molar-refractivity contribution is 7.44. The number of nitrogens with zero attached hydrogens (tertiary/aromatic N) is 2. The van der Waals surface area contributed by atoms with Crippen molar-refractivity contribution in [3.05, 3.63) is 11.4 Å². The molecule has 1 atom stereocenters. The van der Waals surface area contributed by atoms with Gasteiger partial charge in [-0.1, -0.05) is 0 Å². The van der Waals surface area contributed by atoms with Gasteiger partial charge in [0.1, 0.15) is 6.61 Å². The predicted octanol–water partition coefficient (Wildman–Crippen LogP) is 2.91. The summed E-state index contributed by atoms with van der Waals surface area (Å²) in [5.74, 6) is 0. The molecule has 0 saturated carbocycles. The minimum absolute atomic E-state index is 0.379. The Kier molecular flexibility index (Phi) is 7.90. The van der Waals surface area contributed by atoms with E-state index in [9.17, 15) is 0 Å². The zero-order chi connectivity index (χ0) is 11.8. The normalized spacial score (nSPS) is 13.5. The topological polar surface area (TPSA) is 26.1 Å². The summed E-state index contributed by atoms with van der Waals surface area (Å²) in [6.07, 6.45) is 0. The van der Waals surface area contributed by atoms with E-state index >= 15 is 0 Å². The third-order valence-corrected chi connectivity index (χ3v) is 3.82. The molecule has 0 aliphatic rings. The molecule has 0 spiro atoms. The van der Waals surface area contributed by atoms with Crippen LogP contribution in [0.4, 0.5) is 0 Å². The van der Waals surface area contributed by atoms with Gasteiger partial charge in [0.05, 0.1) is 0 Å². The van der Waals surface area contributed by atoms with Gasteiger partial charge in [-0.3, -0.25) is 0 Å². The zero-order valence-corrected chi connectivity index (χ0v) is 11.1. The maximum absolute atomic E-state index is 6.68. The summed E-state index contributed by atoms with van der Waals surface area (Å²) in [7, 11) is 0.632. The van der Waals surface area contributed by atoms with Crippen molar-refractivity contribution >= 4 is 8.53 Å². The Morgan fingerprint density at radius 1 is 1.27 bits per heavy atom. The summed E-state index contributed by atoms with van der Waals surface area (Å²) in [5.41, 5.74) is 0. The Balaban J connectivity index is 4.27. The Bertz CT molecular complexity index is 196. The highest BCUT2D eigenvalue weighted by Crippen LogP contribution is 2.44. The number of hydrogen-bond donors (Lipinski definition) is 0. The summed E-state index contributed by atoms with van der Waals surface area (Å²) < 4.78 is 13.1. The molecule has 0 bridgehead atoms. The van der Waals surface area contributed by atoms with Crippen molar-refractivity contribution in [1.82, 2.24) is 4.67 Å². The van der Waals surface area contributed by atoms with E-state index in [2.05, 4.69) is 37.2 Å². The first-order valence-corrected chi connectivity index (χ1v) is 6.26. The smallest absolute Gasteiger partial charge is 0.259 e. The lowest BCUT2D eigenvalue weighted by Gasteiger charge is -2.34. The lowest BCUT2D eigenvalue weighted by atomic mass is 10.3. The molecule has 0 aliphatic carbocycles. The van der Waals surface area contributed by atoms with Crippen molar-refractivity contribution in [2.24, 2.45) is 0 Å². The average Bonchev–Trinajstić information content (AvgIpc) is 2.15. The quantitative estimate of drug-likeness (QED) is 0.383. The van der Waals surface area contributed by atoms with Gasteiger partial charge in [0.25, 0.3) is 8.53 Å². The number of hydrogen-bond acceptors (Lipinski definition) is 3. The van der Waals surface area contributed by atoms with Gasteiger partial charge in [-0.2, -0.15) is 0 Å². The maximum atomic E-state index is 6.68. The molecule has 88 valence electrons. The van der Waals surface area contributed by atoms with Crippen LogP contribution in [0.3, 0.4) is 0 Å². The van der Waals surface area contributed by atoms with Crippen molar-refractivity contribution in [2.45, 2.75) is 39.8 Å². The SMILES string of the molecule is [C-]#[N+]CCOP(OC)N(C(C)C)C(C)C. The molecular formula is C10H21N2O2P. The summed E-state index contributed by atoms with van der Waals surface area (Å²) in [6.45, 7) is 16.0. The van der Waals surface area contributed by atoms with Crippen LogP contribution in [0, 0.1) is 6.57 Å². The lowest BCUT2D eigenvalue weighted by molar-refractivity contribution is 0.200. The molecule has 0 aromatic carbocycles. The fourth-order valence-electron chi connectivity index (χ4n) is 1.35. The molecule has 0 radical (unpaired) electrons. The van der Waals surface area contributed by atoms with E-state index in [0.717, 1.165) is 0 Å². The monoisotopic (exact) mass is 232 g/mol. The third kappa shape index (κ3) is 5.44. The van der Waals surface area contributed by atoms with Crippen LogP contribution in [0.15, 0.2) is 0 Å². The van der Waals surface area contributed by atoms with Crippen molar-refractivity contribution in [3.8, 4) is 0 Å². The predicted molar refractivity (Wildman–Crippen MR) is 63.5 cm³/mol. The first kappa shape index (κ1) is 14.8. The van der Waals surface area contributed by atoms with Crippen LogP contribution in [-0.4, -0.2) is 37.0 Å². The van der Waals surface area contributed by atoms with E-state index in [1.807, 2.05) is 0 Å². The van der Waals surface area contributed by atoms with Gasteiger partial charge in [0, 0.05) is 19.2 Å². The second-order valence-electron chi connectivity index (χ2n) is 3.70. The molecule has 4 nitrogen and oxygen atoms in total. The Hall–Kier alpha value is -0.200. The Labute approximate surface area is 94.3 Å². The van der Waals surface area contributed by atoms with E-state index in [4.69, 9.17) is 15.6 Å². The van der Waals surface area contributed by atoms with Crippen LogP contribution in [0.2, 0.25) is 0 Å². The molecule has 0 heterocycles. The van der Waals surface area contributed by atoms with Crippen molar-refractivity contribution in [2.75, 3.05) is 20.3 Å². The average molecular weight is 232 g/mol. The van der Waals surface area contributed by atoms with Gasteiger partial charge < -0.3 is 13.9 Å². The fourth-order valence-corrected chi connectivity index (χ4v) is 2.77. The summed E-state index contributed by atoms with van der Waals surface area (Å²) >= 11 is 0. The molecule has 0 rings (SSSR count). The van der Waals surface area contributed by atoms with Gasteiger partial charge in [-0.05, 0) is 27.7 Å². The van der Waals surface area contributed by atoms with Gasteiger partial charge in [-0.25, -0.2) is 11.2 Å². The first-order chi connectivity index (χ1) is 7.04. The zero-order valence-electron chi connectivity index (χ0n) is 10.2. The highest BCUT2D eigenvalue weighted by Gasteiger charge is 2.25. The van der Waals surface area contributed by atoms with Gasteiger partial charge >= 0.3 is 0 Å². The molecule has 1 unspecified atom stereocenters. The first-order valence-electron chi connectivity index (χ1n) is 5.13. The van der Waals surface area contributed by atoms with Gasteiger partial charge in [-0.15, -0.1) is 0 Å². The molecule has 0 aromatic rings. The molecule has 0 fully saturated rings. The lowest BCUT2D eigenvalue weighted by Crippen LogP contribution is -2.33. The van der Waals surface area contributed by atoms with E-state index in [0.29, 0.717) is 25.2 Å². The fraction of sp³-hybridized carbons (Fsp3) is 0.900. The van der Waals surface area contributed by atoms with Crippen molar-refractivity contribution in [1.29, 1.82) is 0 Å². The molecule has 0 aliphatic heterocycles. The molecule has 0 aromatic heterocycles. The Morgan fingerprint density at radius 3 is 2.13 bits per heavy atom. The third-order valence-electron chi connectivity index (χ3n) is 1.81. The standard InChI is InChI=1S/C10H21N2O2P/c1-9(2)12(10(3)4)15(13-6)14-8-7-11-5/h9-10H,7-8H2,1-4,6H3. The van der Waals surface area contributed by atoms with Crippen molar-refractivity contribution in [3.63, 3.8) is 0 Å². The Morgan fingerprint density at radius 2 is 1.80 bits per heavy atom. The van der Waals surface area contributed by atoms with Crippen LogP contribution in [0.25, 0.3) is 4.85 Å². The summed E-state index contributed by atoms with van der Waals surface area (Å²) in [4.78, 5) is 3.25. The van der Waals surface area contributed by atoms with Crippen LogP contribution >= 0.6 is 8.53 Å². The molecular weight excluding hydrogens is 211 g/mol. The van der Waals surface area contributed by atoms with Crippen LogP contribution in [0.5, 0.6) is 0 Å². The minimum atomic E-state index is -1.02. The highest BCUT2D eigenvalue weighted by atomic mass is 31.2. The van der Waals surface area contributed by atoms with E-state index < -0.39 is 8.53 Å². The second kappa shape index (κ2) is 8.01. The van der Waals surface area contributed by atoms with E-state index in [1.54, 1.807) is 7.11 Å². The van der Waals surface area contributed by atoms with E-state index in [1.165, 1.54) is 0 Å². The maximum Gasteiger partial charge on any atom is 0.259 e. The van der Waals surface area contributed by atoms with Crippen LogP contribution in [-0.2, 0) is 9.05 Å². The minimum Gasteiger partial charge on any atom is -0.325 e. The largest absolute Gasteiger partial charge is 0.325 e. The molecule has 0 amide bonds. The van der Waals surface area contributed by atoms with E-state index in [-0.39, 0.29) is 0 Å². The van der Waals surface area contributed by atoms with Crippen LogP contribution < -0.4 is 0 Å². The van der Waals surface area contributed by atoms with Crippen molar-refractivity contribution < 1.29 is 9.05 Å². The van der Waals surface area contributed by atoms with Gasteiger partial charge in [0.2, 0.25) is 6.54 Å². The molecule has 0 saturated heterocycles. The number of rotatable bonds is 7. The summed E-state index contributed by atoms with van der Waals surface area (Å²) in [6, 6.07) is 0.757. The molecule has 5 heteroatoms. The van der Waals surface area contributed by atoms with Crippen LogP contribution in [0.1, 0.15) is 27.7 Å².